The van der Waals surface area contributed by atoms with Crippen LogP contribution in [0.3, 0.4) is 0 Å². The van der Waals surface area contributed by atoms with Gasteiger partial charge in [0.1, 0.15) is 22.4 Å². The summed E-state index contributed by atoms with van der Waals surface area (Å²) in [5.74, 6) is -2.51. The number of aldehydes is 1. The molecule has 4 aliphatic carbocycles. The zero-order valence-corrected chi connectivity index (χ0v) is 22.4. The molecule has 178 valence electrons. The van der Waals surface area contributed by atoms with E-state index in [2.05, 4.69) is 0 Å². The molecule has 0 aromatic heterocycles. The number of aryl methyl sites for hydroxylation is 1. The number of rotatable bonds is 6. The molecule has 1 spiro atoms. The first-order valence-electron chi connectivity index (χ1n) is 10.6. The van der Waals surface area contributed by atoms with Crippen molar-refractivity contribution in [3.8, 4) is 0 Å². The summed E-state index contributed by atoms with van der Waals surface area (Å²) in [6, 6.07) is 6.29. The van der Waals surface area contributed by atoms with Gasteiger partial charge in [0.25, 0.3) is 0 Å². The van der Waals surface area contributed by atoms with E-state index in [0.717, 1.165) is 11.8 Å². The molecular weight excluding hydrogens is 559 g/mol. The molecule has 1 aromatic rings. The molecule has 0 amide bonds. The summed E-state index contributed by atoms with van der Waals surface area (Å²) in [6.07, 6.45) is 3.23. The minimum absolute atomic E-state index is 0.00692. The number of halogens is 1. The number of ketones is 1. The van der Waals surface area contributed by atoms with Crippen molar-refractivity contribution < 1.29 is 31.7 Å². The van der Waals surface area contributed by atoms with E-state index in [1.165, 1.54) is 26.4 Å². The maximum atomic E-state index is 14.2. The number of methoxy groups -OCH3 is 2. The smallest absolute Gasteiger partial charge is 0.338 e. The zero-order valence-electron chi connectivity index (χ0n) is 19.4. The van der Waals surface area contributed by atoms with Crippen LogP contribution in [0.2, 0.25) is 0 Å². The van der Waals surface area contributed by atoms with Crippen LogP contribution in [0.5, 0.6) is 0 Å². The minimum Gasteiger partial charge on any atom is -0.382 e. The van der Waals surface area contributed by atoms with Gasteiger partial charge in [0.2, 0.25) is 11.6 Å². The predicted octanol–water partition coefficient (Wildman–Crippen LogP) is 4.10. The van der Waals surface area contributed by atoms with Crippen LogP contribution in [-0.2, 0) is 33.4 Å². The number of hydrogen-bond acceptors (Lipinski definition) is 7. The van der Waals surface area contributed by atoms with E-state index in [-0.39, 0.29) is 22.4 Å². The lowest BCUT2D eigenvalue weighted by Crippen LogP contribution is -2.76. The summed E-state index contributed by atoms with van der Waals surface area (Å²) < 4.78 is 44.6. The fourth-order valence-corrected chi connectivity index (χ4v) is 8.92. The van der Waals surface area contributed by atoms with Gasteiger partial charge in [-0.2, -0.15) is 8.42 Å². The first-order valence-corrected chi connectivity index (χ1v) is 13.1. The molecular formula is C24H27IO7S. The zero-order chi connectivity index (χ0) is 24.6. The molecule has 4 aliphatic rings. The molecule has 4 atom stereocenters. The fourth-order valence-electron chi connectivity index (χ4n) is 6.02. The third-order valence-corrected chi connectivity index (χ3v) is 10.6. The van der Waals surface area contributed by atoms with Crippen molar-refractivity contribution in [1.29, 1.82) is 0 Å². The molecule has 5 rings (SSSR count). The van der Waals surface area contributed by atoms with E-state index in [9.17, 15) is 18.0 Å². The second kappa shape index (κ2) is 7.47. The van der Waals surface area contributed by atoms with Crippen LogP contribution in [0, 0.1) is 29.1 Å². The molecule has 1 fully saturated rings. The molecule has 0 N–H and O–H groups in total. The highest BCUT2D eigenvalue weighted by atomic mass is 127. The third-order valence-electron chi connectivity index (χ3n) is 8.07. The van der Waals surface area contributed by atoms with Gasteiger partial charge in [-0.15, -0.1) is 0 Å². The van der Waals surface area contributed by atoms with Crippen molar-refractivity contribution >= 4 is 44.8 Å². The summed E-state index contributed by atoms with van der Waals surface area (Å²) in [4.78, 5) is 26.9. The van der Waals surface area contributed by atoms with Crippen molar-refractivity contribution in [1.82, 2.24) is 0 Å². The van der Waals surface area contributed by atoms with Gasteiger partial charge in [0.15, 0.2) is 0 Å². The maximum Gasteiger partial charge on any atom is 0.338 e. The Morgan fingerprint density at radius 3 is 2.21 bits per heavy atom. The Kier molecular flexibility index (Phi) is 5.56. The summed E-state index contributed by atoms with van der Waals surface area (Å²) >= 11 is 2.01. The number of carbonyl (C=O) groups excluding carboxylic acids is 2. The van der Waals surface area contributed by atoms with Crippen LogP contribution in [0.1, 0.15) is 32.8 Å². The maximum absolute atomic E-state index is 14.2. The molecule has 0 heterocycles. The van der Waals surface area contributed by atoms with Crippen LogP contribution in [-0.4, -0.2) is 40.5 Å². The van der Waals surface area contributed by atoms with Gasteiger partial charge in [0, 0.05) is 17.8 Å². The van der Waals surface area contributed by atoms with E-state index in [1.807, 2.05) is 42.5 Å². The highest BCUT2D eigenvalue weighted by molar-refractivity contribution is 14.1. The summed E-state index contributed by atoms with van der Waals surface area (Å²) in [6.45, 7) is 7.06. The first-order chi connectivity index (χ1) is 15.3. The average Bonchev–Trinajstić information content (AvgIpc) is 3.14. The Labute approximate surface area is 207 Å². The molecule has 7 nitrogen and oxygen atoms in total. The van der Waals surface area contributed by atoms with Crippen molar-refractivity contribution in [3.05, 3.63) is 50.8 Å². The SMILES string of the molecule is COC1(OC)C(=O)C23C(=CCC2C)C(C)(C=O)C1(C)C(OS(=O)(=O)c1ccc(C)cc1)=C3I. The van der Waals surface area contributed by atoms with Crippen LogP contribution in [0.4, 0.5) is 0 Å². The monoisotopic (exact) mass is 586 g/mol. The lowest BCUT2D eigenvalue weighted by Gasteiger charge is -2.65. The summed E-state index contributed by atoms with van der Waals surface area (Å²) in [5, 5.41) is 0. The van der Waals surface area contributed by atoms with Crippen molar-refractivity contribution in [3.63, 3.8) is 0 Å². The van der Waals surface area contributed by atoms with Gasteiger partial charge in [-0.3, -0.25) is 4.79 Å². The van der Waals surface area contributed by atoms with Crippen LogP contribution >= 0.6 is 22.6 Å². The van der Waals surface area contributed by atoms with Gasteiger partial charge in [-0.1, -0.05) is 30.7 Å². The van der Waals surface area contributed by atoms with Gasteiger partial charge in [-0.05, 0) is 73.4 Å². The Morgan fingerprint density at radius 1 is 1.12 bits per heavy atom. The van der Waals surface area contributed by atoms with Crippen LogP contribution in [0.15, 0.2) is 50.1 Å². The van der Waals surface area contributed by atoms with E-state index in [4.69, 9.17) is 13.7 Å². The Bertz CT molecular complexity index is 1210. The second-order valence-electron chi connectivity index (χ2n) is 9.36. The van der Waals surface area contributed by atoms with Gasteiger partial charge in [-0.25, -0.2) is 0 Å². The first kappa shape index (κ1) is 24.6. The molecule has 2 bridgehead atoms. The predicted molar refractivity (Wildman–Crippen MR) is 129 cm³/mol. The average molecular weight is 586 g/mol. The number of hydrogen-bond donors (Lipinski definition) is 0. The fraction of sp³-hybridized carbons (Fsp3) is 0.500. The normalized spacial score (nSPS) is 34.8. The molecule has 0 aliphatic heterocycles. The molecule has 33 heavy (non-hydrogen) atoms. The topological polar surface area (TPSA) is 96.0 Å². The second-order valence-corrected chi connectivity index (χ2v) is 12.0. The van der Waals surface area contributed by atoms with Crippen molar-refractivity contribution in [2.24, 2.45) is 22.2 Å². The van der Waals surface area contributed by atoms with Crippen LogP contribution in [0.25, 0.3) is 0 Å². The van der Waals surface area contributed by atoms with Gasteiger partial charge >= 0.3 is 10.1 Å². The van der Waals surface area contributed by atoms with E-state index in [1.54, 1.807) is 26.0 Å². The lowest BCUT2D eigenvalue weighted by molar-refractivity contribution is -0.287. The lowest BCUT2D eigenvalue weighted by atomic mass is 9.40. The Balaban J connectivity index is 2.07. The Morgan fingerprint density at radius 2 is 1.70 bits per heavy atom. The summed E-state index contributed by atoms with van der Waals surface area (Å²) in [7, 11) is -1.62. The standard InChI is InChI=1S/C24H27IO7S/c1-14-7-10-16(11-8-14)33(28,29)32-19-18(25)23-15(2)9-12-17(23)21(3,13-26)22(19,4)24(30-5,31-6)20(23)27/h7-8,10-13,15H,9H2,1-6H3. The molecule has 9 heteroatoms. The highest BCUT2D eigenvalue weighted by Gasteiger charge is 2.83. The summed E-state index contributed by atoms with van der Waals surface area (Å²) in [5.41, 5.74) is -2.63. The van der Waals surface area contributed by atoms with Crippen molar-refractivity contribution in [2.75, 3.05) is 14.2 Å². The van der Waals surface area contributed by atoms with E-state index >= 15 is 0 Å². The number of Topliss-reactive ketones (excluding diaryl/α,β-unsaturated/α-hetero) is 1. The number of allylic oxidation sites excluding steroid dienone is 3. The van der Waals surface area contributed by atoms with Gasteiger partial charge < -0.3 is 18.5 Å². The molecule has 1 saturated carbocycles. The highest BCUT2D eigenvalue weighted by Crippen LogP contribution is 2.76. The molecule has 0 radical (unpaired) electrons. The largest absolute Gasteiger partial charge is 0.382 e. The van der Waals surface area contributed by atoms with Crippen LogP contribution < -0.4 is 0 Å². The Hall–Kier alpha value is -1.56. The van der Waals surface area contributed by atoms with E-state index in [0.29, 0.717) is 15.6 Å². The van der Waals surface area contributed by atoms with E-state index < -0.39 is 32.2 Å². The molecule has 1 aromatic carbocycles. The number of ether oxygens (including phenoxy) is 2. The molecule has 0 saturated heterocycles. The minimum atomic E-state index is -4.28. The third kappa shape index (κ3) is 2.59. The molecule has 4 unspecified atom stereocenters. The number of fused-ring (bicyclic) bond motifs is 1. The van der Waals surface area contributed by atoms with Crippen molar-refractivity contribution in [2.45, 2.75) is 44.8 Å². The number of benzene rings is 1. The number of carbonyl (C=O) groups is 2. The quantitative estimate of drug-likeness (QED) is 0.163. The van der Waals surface area contributed by atoms with Gasteiger partial charge in [0.05, 0.1) is 10.8 Å².